The Morgan fingerprint density at radius 2 is 2.15 bits per heavy atom. The van der Waals surface area contributed by atoms with Crippen LogP contribution in [0.15, 0.2) is 34.1 Å². The number of unbranched alkanes of at least 4 members (excludes halogenated alkanes) is 1. The number of allylic oxidation sites excluding steroid dienone is 1. The molecule has 0 atom stereocenters. The van der Waals surface area contributed by atoms with Crippen molar-refractivity contribution in [3.63, 3.8) is 0 Å². The van der Waals surface area contributed by atoms with E-state index in [2.05, 4.69) is 4.99 Å². The van der Waals surface area contributed by atoms with Gasteiger partial charge in [-0.1, -0.05) is 42.9 Å². The predicted octanol–water partition coefficient (Wildman–Crippen LogP) is 3.61. The van der Waals surface area contributed by atoms with E-state index in [0.29, 0.717) is 11.5 Å². The number of hydrogen-bond acceptors (Lipinski definition) is 6. The molecule has 7 heteroatoms. The number of fused-ring (bicyclic) bond motifs is 1. The van der Waals surface area contributed by atoms with Crippen molar-refractivity contribution < 1.29 is 14.6 Å². The van der Waals surface area contributed by atoms with Crippen molar-refractivity contribution in [2.75, 3.05) is 6.61 Å². The van der Waals surface area contributed by atoms with Crippen LogP contribution in [0.2, 0.25) is 0 Å². The number of thiazole rings is 1. The number of benzene rings is 1. The van der Waals surface area contributed by atoms with E-state index in [1.54, 1.807) is 6.08 Å². The second-order valence-corrected chi connectivity index (χ2v) is 6.98. The van der Waals surface area contributed by atoms with Gasteiger partial charge in [-0.2, -0.15) is 0 Å². The second-order valence-electron chi connectivity index (χ2n) is 5.99. The maximum atomic E-state index is 12.2. The molecule has 0 fully saturated rings. The molecule has 0 aliphatic carbocycles. The molecule has 1 aromatic heterocycles. The average molecular weight is 372 g/mol. The number of aliphatic imine (C=N–C) groups is 1. The summed E-state index contributed by atoms with van der Waals surface area (Å²) in [7, 11) is 0. The first kappa shape index (κ1) is 18.1. The first-order chi connectivity index (χ1) is 12.5. The lowest BCUT2D eigenvalue weighted by molar-refractivity contribution is -0.144. The first-order valence-corrected chi connectivity index (χ1v) is 9.28. The Morgan fingerprint density at radius 3 is 2.92 bits per heavy atom. The van der Waals surface area contributed by atoms with Gasteiger partial charge in [-0.15, -0.1) is 0 Å². The van der Waals surface area contributed by atoms with Gasteiger partial charge in [0.15, 0.2) is 0 Å². The number of rotatable bonds is 6. The molecule has 2 heterocycles. The molecular formula is C19H20N2O4S. The number of carbonyl (C=O) groups is 1. The molecule has 0 radical (unpaired) electrons. The minimum atomic E-state index is -0.531. The fraction of sp³-hybridized carbons (Fsp3) is 0.316. The van der Waals surface area contributed by atoms with Gasteiger partial charge in [0.2, 0.25) is 5.88 Å². The maximum absolute atomic E-state index is 12.2. The fourth-order valence-electron chi connectivity index (χ4n) is 2.70. The van der Waals surface area contributed by atoms with Crippen molar-refractivity contribution in [3.8, 4) is 5.88 Å². The Balaban J connectivity index is 1.86. The van der Waals surface area contributed by atoms with Crippen molar-refractivity contribution in [1.82, 2.24) is 4.57 Å². The molecule has 1 aliphatic rings. The van der Waals surface area contributed by atoms with Crippen molar-refractivity contribution in [1.29, 1.82) is 0 Å². The molecule has 1 aliphatic heterocycles. The Morgan fingerprint density at radius 1 is 1.38 bits per heavy atom. The fourth-order valence-corrected chi connectivity index (χ4v) is 3.53. The highest BCUT2D eigenvalue weighted by molar-refractivity contribution is 7.10. The number of aromatic hydroxyl groups is 1. The van der Waals surface area contributed by atoms with E-state index in [1.165, 1.54) is 0 Å². The van der Waals surface area contributed by atoms with Crippen molar-refractivity contribution >= 4 is 40.4 Å². The van der Waals surface area contributed by atoms with Crippen molar-refractivity contribution in [2.45, 2.75) is 33.2 Å². The summed E-state index contributed by atoms with van der Waals surface area (Å²) in [4.78, 5) is 28.5. The molecule has 136 valence electrons. The molecule has 26 heavy (non-hydrogen) atoms. The normalized spacial score (nSPS) is 14.4. The van der Waals surface area contributed by atoms with Gasteiger partial charge in [0.25, 0.3) is 0 Å². The van der Waals surface area contributed by atoms with Gasteiger partial charge in [-0.25, -0.2) is 0 Å². The highest BCUT2D eigenvalue weighted by Gasteiger charge is 2.20. The highest BCUT2D eigenvalue weighted by atomic mass is 32.1. The number of hydrogen-bond donors (Lipinski definition) is 1. The molecule has 6 nitrogen and oxygen atoms in total. The molecule has 1 N–H and O–H groups in total. The van der Waals surface area contributed by atoms with Crippen LogP contribution in [0.3, 0.4) is 0 Å². The molecular weight excluding hydrogens is 352 g/mol. The maximum Gasteiger partial charge on any atom is 0.326 e. The lowest BCUT2D eigenvalue weighted by atomic mass is 10.0. The van der Waals surface area contributed by atoms with Crippen LogP contribution >= 0.6 is 11.3 Å². The number of ether oxygens (including phenoxy) is 1. The van der Waals surface area contributed by atoms with E-state index in [1.807, 2.05) is 38.1 Å². The number of nitrogens with zero attached hydrogens (tertiary/aromatic N) is 2. The average Bonchev–Trinajstić information content (AvgIpc) is 3.07. The lowest BCUT2D eigenvalue weighted by Gasteiger charge is -2.05. The third-order valence-corrected chi connectivity index (χ3v) is 5.00. The van der Waals surface area contributed by atoms with E-state index in [-0.39, 0.29) is 12.4 Å². The molecule has 0 bridgehead atoms. The van der Waals surface area contributed by atoms with Crippen LogP contribution in [-0.2, 0) is 16.1 Å². The smallest absolute Gasteiger partial charge is 0.326 e. The molecule has 0 amide bonds. The Hall–Kier alpha value is -2.67. The number of esters is 1. The third-order valence-electron chi connectivity index (χ3n) is 4.09. The zero-order valence-corrected chi connectivity index (χ0v) is 15.5. The van der Waals surface area contributed by atoms with Crippen LogP contribution in [0.1, 0.15) is 37.1 Å². The topological polar surface area (TPSA) is 80.9 Å². The molecule has 2 aromatic rings. The highest BCUT2D eigenvalue weighted by Crippen LogP contribution is 2.37. The monoisotopic (exact) mass is 372 g/mol. The number of aromatic nitrogens is 1. The van der Waals surface area contributed by atoms with Crippen molar-refractivity contribution in [3.05, 3.63) is 44.4 Å². The van der Waals surface area contributed by atoms with Crippen LogP contribution in [0.4, 0.5) is 5.69 Å². The van der Waals surface area contributed by atoms with Gasteiger partial charge in [0.1, 0.15) is 6.54 Å². The van der Waals surface area contributed by atoms with E-state index >= 15 is 0 Å². The van der Waals surface area contributed by atoms with E-state index < -0.39 is 10.8 Å². The Kier molecular flexibility index (Phi) is 5.37. The van der Waals surface area contributed by atoms with Crippen LogP contribution < -0.4 is 4.87 Å². The summed E-state index contributed by atoms with van der Waals surface area (Å²) in [5, 5.41) is 10.4. The summed E-state index contributed by atoms with van der Waals surface area (Å²) >= 11 is 0.893. The van der Waals surface area contributed by atoms with Crippen molar-refractivity contribution in [2.24, 2.45) is 4.99 Å². The summed E-state index contributed by atoms with van der Waals surface area (Å²) in [6.07, 6.45) is 3.42. The third kappa shape index (κ3) is 3.62. The van der Waals surface area contributed by atoms with Crippen LogP contribution in [0, 0.1) is 0 Å². The second kappa shape index (κ2) is 7.70. The van der Waals surface area contributed by atoms with E-state index in [0.717, 1.165) is 51.3 Å². The van der Waals surface area contributed by atoms with Gasteiger partial charge < -0.3 is 9.84 Å². The molecule has 1 aromatic carbocycles. The Labute approximate surface area is 155 Å². The van der Waals surface area contributed by atoms with Gasteiger partial charge in [-0.05, 0) is 25.5 Å². The molecule has 0 saturated heterocycles. The lowest BCUT2D eigenvalue weighted by Crippen LogP contribution is -2.21. The number of para-hydroxylation sites is 1. The Bertz CT molecular complexity index is 953. The van der Waals surface area contributed by atoms with E-state index in [9.17, 15) is 14.7 Å². The number of carbonyl (C=O) groups excluding carboxylic acids is 1. The van der Waals surface area contributed by atoms with E-state index in [4.69, 9.17) is 4.74 Å². The van der Waals surface area contributed by atoms with Gasteiger partial charge in [0.05, 0.1) is 17.2 Å². The van der Waals surface area contributed by atoms with Crippen LogP contribution in [0.25, 0.3) is 11.6 Å². The molecule has 0 saturated carbocycles. The zero-order chi connectivity index (χ0) is 18.7. The zero-order valence-electron chi connectivity index (χ0n) is 14.7. The predicted molar refractivity (Wildman–Crippen MR) is 103 cm³/mol. The molecule has 3 rings (SSSR count). The van der Waals surface area contributed by atoms with Crippen LogP contribution in [0.5, 0.6) is 5.88 Å². The summed E-state index contributed by atoms with van der Waals surface area (Å²) < 4.78 is 6.10. The largest absolute Gasteiger partial charge is 0.493 e. The van der Waals surface area contributed by atoms with Gasteiger partial charge >= 0.3 is 10.8 Å². The summed E-state index contributed by atoms with van der Waals surface area (Å²) in [6, 6.07) is 7.69. The summed E-state index contributed by atoms with van der Waals surface area (Å²) in [5.74, 6) is -0.756. The first-order valence-electron chi connectivity index (χ1n) is 8.46. The summed E-state index contributed by atoms with van der Waals surface area (Å²) in [5.41, 5.74) is 3.49. The van der Waals surface area contributed by atoms with Gasteiger partial charge in [-0.3, -0.25) is 19.1 Å². The summed E-state index contributed by atoms with van der Waals surface area (Å²) in [6.45, 7) is 3.90. The SMILES string of the molecule is CCCCOC(=O)Cn1c(O)c(C=C2C(C)=Nc3ccccc32)sc1=O. The van der Waals surface area contributed by atoms with Crippen LogP contribution in [-0.4, -0.2) is 28.0 Å². The standard InChI is InChI=1S/C19H20N2O4S/c1-3-4-9-25-17(22)11-21-18(23)16(26-19(21)24)10-14-12(2)20-15-8-6-5-7-13(14)15/h5-8,10,23H,3-4,9,11H2,1-2H3. The minimum absolute atomic E-state index is 0.225. The van der Waals surface area contributed by atoms with Gasteiger partial charge in [0, 0.05) is 16.8 Å². The minimum Gasteiger partial charge on any atom is -0.493 e. The molecule has 0 unspecified atom stereocenters. The molecule has 0 spiro atoms. The quantitative estimate of drug-likeness (QED) is 0.620.